The van der Waals surface area contributed by atoms with Gasteiger partial charge in [0.1, 0.15) is 13.2 Å². The van der Waals surface area contributed by atoms with Crippen LogP contribution in [0.25, 0.3) is 0 Å². The Morgan fingerprint density at radius 3 is 2.91 bits per heavy atom. The number of fused-ring (bicyclic) bond motifs is 3. The van der Waals surface area contributed by atoms with Crippen molar-refractivity contribution in [3.63, 3.8) is 0 Å². The quantitative estimate of drug-likeness (QED) is 0.929. The molecule has 124 valence electrons. The summed E-state index contributed by atoms with van der Waals surface area (Å²) in [5.74, 6) is 1.24. The third-order valence-electron chi connectivity index (χ3n) is 5.90. The van der Waals surface area contributed by atoms with E-state index in [1.54, 1.807) is 0 Å². The molecule has 4 rings (SSSR count). The number of hydrogen-bond acceptors (Lipinski definition) is 4. The lowest BCUT2D eigenvalue weighted by Crippen LogP contribution is -2.42. The maximum atomic E-state index is 13.2. The molecule has 3 heterocycles. The van der Waals surface area contributed by atoms with Crippen LogP contribution in [0.5, 0.6) is 11.5 Å². The summed E-state index contributed by atoms with van der Waals surface area (Å²) in [4.78, 5) is 15.2. The maximum absolute atomic E-state index is 13.2. The zero-order chi connectivity index (χ0) is 16.0. The molecule has 0 unspecified atom stereocenters. The second kappa shape index (κ2) is 5.41. The van der Waals surface area contributed by atoms with Gasteiger partial charge in [0.15, 0.2) is 11.5 Å². The Labute approximate surface area is 136 Å². The summed E-state index contributed by atoms with van der Waals surface area (Å²) < 4.78 is 11.3. The lowest BCUT2D eigenvalue weighted by atomic mass is 9.72. The van der Waals surface area contributed by atoms with Crippen molar-refractivity contribution in [1.29, 1.82) is 0 Å². The lowest BCUT2D eigenvalue weighted by molar-refractivity contribution is 0.0550. The third-order valence-corrected chi connectivity index (χ3v) is 5.90. The summed E-state index contributed by atoms with van der Waals surface area (Å²) >= 11 is 0. The van der Waals surface area contributed by atoms with E-state index in [4.69, 9.17) is 9.47 Å². The van der Waals surface area contributed by atoms with Crippen LogP contribution in [-0.4, -0.2) is 47.8 Å². The van der Waals surface area contributed by atoms with Crippen molar-refractivity contribution < 1.29 is 19.4 Å². The van der Waals surface area contributed by atoms with Crippen LogP contribution in [0.15, 0.2) is 18.2 Å². The molecular formula is C18H23NO4. The number of carbonyl (C=O) groups excluding carboxylic acids is 1. The summed E-state index contributed by atoms with van der Waals surface area (Å²) in [7, 11) is 0. The van der Waals surface area contributed by atoms with Gasteiger partial charge in [0.2, 0.25) is 0 Å². The largest absolute Gasteiger partial charge is 0.486 e. The highest BCUT2D eigenvalue weighted by Gasteiger charge is 2.56. The van der Waals surface area contributed by atoms with Crippen LogP contribution in [0.3, 0.4) is 0 Å². The number of amides is 1. The highest BCUT2D eigenvalue weighted by atomic mass is 16.6. The van der Waals surface area contributed by atoms with E-state index in [2.05, 4.69) is 6.92 Å². The fraction of sp³-hybridized carbons (Fsp3) is 0.611. The van der Waals surface area contributed by atoms with Crippen molar-refractivity contribution in [2.75, 3.05) is 19.8 Å². The van der Waals surface area contributed by atoms with E-state index >= 15 is 0 Å². The minimum Gasteiger partial charge on any atom is -0.486 e. The molecule has 1 aromatic carbocycles. The third kappa shape index (κ3) is 2.06. The molecule has 3 aliphatic heterocycles. The summed E-state index contributed by atoms with van der Waals surface area (Å²) in [5, 5.41) is 9.92. The van der Waals surface area contributed by atoms with Crippen molar-refractivity contribution in [1.82, 2.24) is 4.90 Å². The molecule has 5 heteroatoms. The monoisotopic (exact) mass is 317 g/mol. The van der Waals surface area contributed by atoms with Crippen LogP contribution in [0.1, 0.15) is 43.0 Å². The zero-order valence-corrected chi connectivity index (χ0v) is 13.5. The van der Waals surface area contributed by atoms with Gasteiger partial charge in [-0.05, 0) is 37.8 Å². The number of para-hydroxylation sites is 1. The molecule has 3 aliphatic rings. The van der Waals surface area contributed by atoms with Crippen LogP contribution >= 0.6 is 0 Å². The molecule has 2 bridgehead atoms. The Kier molecular flexibility index (Phi) is 3.48. The average Bonchev–Trinajstić information content (AvgIpc) is 3.16. The molecular weight excluding hydrogens is 294 g/mol. The first-order chi connectivity index (χ1) is 11.2. The number of benzene rings is 1. The molecule has 2 fully saturated rings. The molecule has 0 spiro atoms. The molecule has 1 amide bonds. The second-order valence-electron chi connectivity index (χ2n) is 6.87. The first-order valence-corrected chi connectivity index (χ1v) is 8.52. The Morgan fingerprint density at radius 1 is 1.35 bits per heavy atom. The fourth-order valence-corrected chi connectivity index (χ4v) is 4.64. The summed E-state index contributed by atoms with van der Waals surface area (Å²) in [5.41, 5.74) is 0.453. The summed E-state index contributed by atoms with van der Waals surface area (Å²) in [6.45, 7) is 3.25. The van der Waals surface area contributed by atoms with Gasteiger partial charge in [-0.3, -0.25) is 4.79 Å². The fourth-order valence-electron chi connectivity index (χ4n) is 4.64. The molecule has 1 N–H and O–H groups in total. The lowest BCUT2D eigenvalue weighted by Gasteiger charge is -2.35. The Morgan fingerprint density at radius 2 is 2.17 bits per heavy atom. The van der Waals surface area contributed by atoms with Crippen LogP contribution in [0.4, 0.5) is 0 Å². The van der Waals surface area contributed by atoms with Gasteiger partial charge in [-0.2, -0.15) is 0 Å². The van der Waals surface area contributed by atoms with Crippen LogP contribution < -0.4 is 9.47 Å². The number of carbonyl (C=O) groups is 1. The number of hydrogen-bond donors (Lipinski definition) is 1. The van der Waals surface area contributed by atoms with Gasteiger partial charge in [-0.15, -0.1) is 0 Å². The highest BCUT2D eigenvalue weighted by Crippen LogP contribution is 2.52. The summed E-state index contributed by atoms with van der Waals surface area (Å²) in [6.07, 6.45) is 3.82. The molecule has 2 saturated heterocycles. The van der Waals surface area contributed by atoms with E-state index in [-0.39, 0.29) is 30.0 Å². The van der Waals surface area contributed by atoms with E-state index in [0.29, 0.717) is 30.3 Å². The Balaban J connectivity index is 1.69. The molecule has 23 heavy (non-hydrogen) atoms. The van der Waals surface area contributed by atoms with Crippen molar-refractivity contribution in [2.45, 2.75) is 44.7 Å². The van der Waals surface area contributed by atoms with Crippen molar-refractivity contribution in [2.24, 2.45) is 5.41 Å². The van der Waals surface area contributed by atoms with E-state index < -0.39 is 0 Å². The van der Waals surface area contributed by atoms with Crippen LogP contribution in [-0.2, 0) is 0 Å². The molecule has 3 atom stereocenters. The van der Waals surface area contributed by atoms with Gasteiger partial charge >= 0.3 is 0 Å². The first kappa shape index (κ1) is 14.8. The SMILES string of the molecule is CC[C@@]1(CO)C[C@@H]2CC[C@H]1N2C(=O)c1cccc2c1OCCO2. The van der Waals surface area contributed by atoms with E-state index in [9.17, 15) is 9.90 Å². The second-order valence-corrected chi connectivity index (χ2v) is 6.87. The molecule has 0 saturated carbocycles. The van der Waals surface area contributed by atoms with Crippen LogP contribution in [0, 0.1) is 5.41 Å². The minimum absolute atomic E-state index is 0.0172. The van der Waals surface area contributed by atoms with Gasteiger partial charge in [-0.1, -0.05) is 13.0 Å². The molecule has 1 aromatic rings. The predicted molar refractivity (Wildman–Crippen MR) is 84.8 cm³/mol. The number of nitrogens with zero attached hydrogens (tertiary/aromatic N) is 1. The average molecular weight is 317 g/mol. The highest BCUT2D eigenvalue weighted by molar-refractivity contribution is 5.98. The first-order valence-electron chi connectivity index (χ1n) is 8.52. The standard InChI is InChI=1S/C18H23NO4/c1-2-18(11-20)10-12-6-7-15(18)19(12)17(21)13-4-3-5-14-16(13)23-9-8-22-14/h3-5,12,15,20H,2,6-11H2,1H3/t12-,15+,18-/m0/s1. The maximum Gasteiger partial charge on any atom is 0.258 e. The molecule has 0 aliphatic carbocycles. The smallest absolute Gasteiger partial charge is 0.258 e. The van der Waals surface area contributed by atoms with Crippen molar-refractivity contribution >= 4 is 5.91 Å². The molecule has 0 radical (unpaired) electrons. The number of aliphatic hydroxyl groups excluding tert-OH is 1. The number of rotatable bonds is 3. The van der Waals surface area contributed by atoms with Gasteiger partial charge in [0.05, 0.1) is 12.2 Å². The van der Waals surface area contributed by atoms with Gasteiger partial charge in [-0.25, -0.2) is 0 Å². The Hall–Kier alpha value is -1.75. The number of ether oxygens (including phenoxy) is 2. The van der Waals surface area contributed by atoms with E-state index in [1.165, 1.54) is 0 Å². The molecule has 0 aromatic heterocycles. The van der Waals surface area contributed by atoms with Crippen molar-refractivity contribution in [3.8, 4) is 11.5 Å². The van der Waals surface area contributed by atoms with Crippen LogP contribution in [0.2, 0.25) is 0 Å². The predicted octanol–water partition coefficient (Wildman–Crippen LogP) is 2.22. The Bertz CT molecular complexity index is 625. The normalized spacial score (nSPS) is 31.5. The molecule has 5 nitrogen and oxygen atoms in total. The van der Waals surface area contributed by atoms with Gasteiger partial charge in [0, 0.05) is 17.5 Å². The minimum atomic E-state index is -0.134. The zero-order valence-electron chi connectivity index (χ0n) is 13.5. The van der Waals surface area contributed by atoms with Gasteiger partial charge in [0.25, 0.3) is 5.91 Å². The van der Waals surface area contributed by atoms with Crippen molar-refractivity contribution in [3.05, 3.63) is 23.8 Å². The van der Waals surface area contributed by atoms with E-state index in [0.717, 1.165) is 25.7 Å². The van der Waals surface area contributed by atoms with E-state index in [1.807, 2.05) is 23.1 Å². The van der Waals surface area contributed by atoms with Gasteiger partial charge < -0.3 is 19.5 Å². The topological polar surface area (TPSA) is 59.0 Å². The summed E-state index contributed by atoms with van der Waals surface area (Å²) in [6, 6.07) is 5.88. The number of aliphatic hydroxyl groups is 1.